The zero-order chi connectivity index (χ0) is 19.8. The third-order valence-corrected chi connectivity index (χ3v) is 3.80. The topological polar surface area (TPSA) is 89.2 Å². The first-order chi connectivity index (χ1) is 13.6. The molecule has 0 saturated carbocycles. The minimum absolute atomic E-state index is 0. The summed E-state index contributed by atoms with van der Waals surface area (Å²) in [4.78, 5) is 13.0. The standard InChI is InChI=1S/C19H22FN7O.HI/c1-3-21-19(24-12-17-25-13-26-27(17)2)23-11-14-7-8-18(22-10-14)28-16-6-4-5-15(20)9-16;/h4-10,13H,3,11-12H2,1-2H3,(H2,21,23,24);1H. The Kier molecular flexibility index (Phi) is 8.77. The molecule has 3 aromatic rings. The van der Waals surface area contributed by atoms with Crippen molar-refractivity contribution in [1.29, 1.82) is 0 Å². The number of aliphatic imine (C=N–C) groups is 1. The van der Waals surface area contributed by atoms with Crippen molar-refractivity contribution in [1.82, 2.24) is 30.4 Å². The molecule has 3 rings (SSSR count). The molecule has 10 heteroatoms. The Balaban J connectivity index is 0.00000300. The van der Waals surface area contributed by atoms with E-state index in [0.29, 0.717) is 30.7 Å². The summed E-state index contributed by atoms with van der Waals surface area (Å²) >= 11 is 0. The average Bonchev–Trinajstić information content (AvgIpc) is 3.10. The van der Waals surface area contributed by atoms with E-state index in [1.54, 1.807) is 29.1 Å². The molecule has 0 atom stereocenters. The number of benzene rings is 1. The molecule has 0 spiro atoms. The Labute approximate surface area is 185 Å². The van der Waals surface area contributed by atoms with Crippen molar-refractivity contribution in [3.05, 3.63) is 66.1 Å². The highest BCUT2D eigenvalue weighted by Crippen LogP contribution is 2.20. The highest BCUT2D eigenvalue weighted by Gasteiger charge is 2.04. The molecule has 1 aromatic carbocycles. The Morgan fingerprint density at radius 2 is 2.07 bits per heavy atom. The van der Waals surface area contributed by atoms with Crippen molar-refractivity contribution in [3.8, 4) is 11.6 Å². The molecule has 0 bridgehead atoms. The number of nitrogens with one attached hydrogen (secondary N) is 2. The van der Waals surface area contributed by atoms with Crippen molar-refractivity contribution >= 4 is 29.9 Å². The lowest BCUT2D eigenvalue weighted by Gasteiger charge is -2.11. The van der Waals surface area contributed by atoms with Gasteiger partial charge in [-0.2, -0.15) is 5.10 Å². The van der Waals surface area contributed by atoms with E-state index in [2.05, 4.69) is 30.7 Å². The molecule has 2 heterocycles. The van der Waals surface area contributed by atoms with Gasteiger partial charge in [-0.15, -0.1) is 24.0 Å². The Bertz CT molecular complexity index is 930. The molecular weight excluding hydrogens is 488 g/mol. The van der Waals surface area contributed by atoms with Crippen LogP contribution in [-0.4, -0.2) is 32.3 Å². The minimum Gasteiger partial charge on any atom is -0.439 e. The highest BCUT2D eigenvalue weighted by molar-refractivity contribution is 14.0. The summed E-state index contributed by atoms with van der Waals surface area (Å²) in [5, 5.41) is 10.4. The van der Waals surface area contributed by atoms with Crippen LogP contribution < -0.4 is 15.4 Å². The van der Waals surface area contributed by atoms with E-state index in [1.165, 1.54) is 18.5 Å². The summed E-state index contributed by atoms with van der Waals surface area (Å²) in [6.45, 7) is 3.70. The molecule has 0 aliphatic carbocycles. The summed E-state index contributed by atoms with van der Waals surface area (Å²) in [5.74, 6) is 1.93. The number of aryl methyl sites for hydroxylation is 1. The fraction of sp³-hybridized carbons (Fsp3) is 0.263. The van der Waals surface area contributed by atoms with Gasteiger partial charge in [-0.3, -0.25) is 4.68 Å². The fourth-order valence-corrected chi connectivity index (χ4v) is 2.37. The van der Waals surface area contributed by atoms with Gasteiger partial charge in [0.1, 0.15) is 23.7 Å². The average molecular weight is 511 g/mol. The number of aromatic nitrogens is 4. The fourth-order valence-electron chi connectivity index (χ4n) is 2.37. The molecule has 154 valence electrons. The first-order valence-electron chi connectivity index (χ1n) is 8.87. The minimum atomic E-state index is -0.353. The quantitative estimate of drug-likeness (QED) is 0.288. The molecule has 8 nitrogen and oxygen atoms in total. The van der Waals surface area contributed by atoms with E-state index in [1.807, 2.05) is 20.0 Å². The number of hydrogen-bond donors (Lipinski definition) is 2. The predicted octanol–water partition coefficient (Wildman–Crippen LogP) is 3.01. The number of guanidine groups is 1. The monoisotopic (exact) mass is 511 g/mol. The molecular formula is C19H23FIN7O. The maximum absolute atomic E-state index is 13.2. The largest absolute Gasteiger partial charge is 0.439 e. The Morgan fingerprint density at radius 1 is 1.21 bits per heavy atom. The van der Waals surface area contributed by atoms with Crippen LogP contribution >= 0.6 is 24.0 Å². The van der Waals surface area contributed by atoms with Crippen LogP contribution in [0.25, 0.3) is 0 Å². The van der Waals surface area contributed by atoms with Crippen LogP contribution in [0.2, 0.25) is 0 Å². The molecule has 2 N–H and O–H groups in total. The van der Waals surface area contributed by atoms with Crippen LogP contribution in [0.4, 0.5) is 4.39 Å². The highest BCUT2D eigenvalue weighted by atomic mass is 127. The number of pyridine rings is 1. The van der Waals surface area contributed by atoms with Crippen LogP contribution in [0.5, 0.6) is 11.6 Å². The molecule has 0 radical (unpaired) electrons. The number of hydrogen-bond acceptors (Lipinski definition) is 5. The van der Waals surface area contributed by atoms with Crippen LogP contribution in [0.15, 0.2) is 53.9 Å². The number of ether oxygens (including phenoxy) is 1. The number of nitrogens with zero attached hydrogens (tertiary/aromatic N) is 5. The Morgan fingerprint density at radius 3 is 2.72 bits per heavy atom. The third kappa shape index (κ3) is 6.97. The van der Waals surface area contributed by atoms with E-state index < -0.39 is 0 Å². The lowest BCUT2D eigenvalue weighted by atomic mass is 10.3. The molecule has 0 aliphatic heterocycles. The van der Waals surface area contributed by atoms with Crippen molar-refractivity contribution in [2.75, 3.05) is 6.54 Å². The van der Waals surface area contributed by atoms with E-state index in [0.717, 1.165) is 17.9 Å². The molecule has 0 fully saturated rings. The van der Waals surface area contributed by atoms with Crippen molar-refractivity contribution in [2.24, 2.45) is 12.0 Å². The van der Waals surface area contributed by atoms with Crippen molar-refractivity contribution in [2.45, 2.75) is 20.0 Å². The van der Waals surface area contributed by atoms with Gasteiger partial charge in [-0.05, 0) is 24.6 Å². The van der Waals surface area contributed by atoms with Gasteiger partial charge in [0.05, 0.1) is 13.1 Å². The SMILES string of the molecule is CCNC(=NCc1ccc(Oc2cccc(F)c2)nc1)NCc1ncnn1C.I. The first-order valence-corrected chi connectivity index (χ1v) is 8.87. The summed E-state index contributed by atoms with van der Waals surface area (Å²) in [5.41, 5.74) is 0.919. The zero-order valence-corrected chi connectivity index (χ0v) is 18.5. The smallest absolute Gasteiger partial charge is 0.219 e. The number of halogens is 2. The van der Waals surface area contributed by atoms with Gasteiger partial charge in [-0.1, -0.05) is 12.1 Å². The second-order valence-electron chi connectivity index (χ2n) is 5.91. The Hall–Kier alpha value is -2.76. The maximum Gasteiger partial charge on any atom is 0.219 e. The summed E-state index contributed by atoms with van der Waals surface area (Å²) in [6.07, 6.45) is 3.20. The number of rotatable bonds is 7. The van der Waals surface area contributed by atoms with Gasteiger partial charge in [-0.25, -0.2) is 19.4 Å². The van der Waals surface area contributed by atoms with Crippen LogP contribution in [0.1, 0.15) is 18.3 Å². The van der Waals surface area contributed by atoms with Gasteiger partial charge >= 0.3 is 0 Å². The molecule has 0 unspecified atom stereocenters. The van der Waals surface area contributed by atoms with Crippen LogP contribution in [0.3, 0.4) is 0 Å². The summed E-state index contributed by atoms with van der Waals surface area (Å²) in [7, 11) is 1.84. The molecule has 0 aliphatic rings. The van der Waals surface area contributed by atoms with E-state index in [4.69, 9.17) is 4.74 Å². The van der Waals surface area contributed by atoms with Gasteiger partial charge in [0.2, 0.25) is 5.88 Å². The molecule has 2 aromatic heterocycles. The summed E-state index contributed by atoms with van der Waals surface area (Å²) in [6, 6.07) is 9.54. The predicted molar refractivity (Wildman–Crippen MR) is 119 cm³/mol. The van der Waals surface area contributed by atoms with Gasteiger partial charge < -0.3 is 15.4 Å². The van der Waals surface area contributed by atoms with Gasteiger partial charge in [0.15, 0.2) is 5.96 Å². The van der Waals surface area contributed by atoms with E-state index >= 15 is 0 Å². The first kappa shape index (κ1) is 22.5. The lowest BCUT2D eigenvalue weighted by molar-refractivity contribution is 0.457. The van der Waals surface area contributed by atoms with Crippen LogP contribution in [-0.2, 0) is 20.1 Å². The van der Waals surface area contributed by atoms with E-state index in [-0.39, 0.29) is 29.8 Å². The molecule has 0 amide bonds. The van der Waals surface area contributed by atoms with Gasteiger partial charge in [0, 0.05) is 31.9 Å². The zero-order valence-electron chi connectivity index (χ0n) is 16.2. The summed E-state index contributed by atoms with van der Waals surface area (Å²) < 4.78 is 20.5. The second kappa shape index (κ2) is 11.3. The van der Waals surface area contributed by atoms with Crippen molar-refractivity contribution < 1.29 is 9.13 Å². The molecule has 29 heavy (non-hydrogen) atoms. The molecule has 0 saturated heterocycles. The van der Waals surface area contributed by atoms with E-state index in [9.17, 15) is 4.39 Å². The maximum atomic E-state index is 13.2. The van der Waals surface area contributed by atoms with Crippen molar-refractivity contribution in [3.63, 3.8) is 0 Å². The lowest BCUT2D eigenvalue weighted by Crippen LogP contribution is -2.37. The second-order valence-corrected chi connectivity index (χ2v) is 5.91. The van der Waals surface area contributed by atoms with Crippen LogP contribution in [0, 0.1) is 5.82 Å². The third-order valence-electron chi connectivity index (χ3n) is 3.80. The normalized spacial score (nSPS) is 10.9. The van der Waals surface area contributed by atoms with Gasteiger partial charge in [0.25, 0.3) is 0 Å².